The summed E-state index contributed by atoms with van der Waals surface area (Å²) in [6.45, 7) is 6.41. The third-order valence-electron chi connectivity index (χ3n) is 4.63. The Bertz CT molecular complexity index is 650. The fourth-order valence-corrected chi connectivity index (χ4v) is 4.21. The summed E-state index contributed by atoms with van der Waals surface area (Å²) >= 11 is 1.73. The van der Waals surface area contributed by atoms with E-state index in [1.807, 2.05) is 6.92 Å². The molecule has 0 unspecified atom stereocenters. The molecule has 1 aliphatic rings. The van der Waals surface area contributed by atoms with Crippen LogP contribution in [0.5, 0.6) is 0 Å². The molecule has 0 spiro atoms. The lowest BCUT2D eigenvalue weighted by atomic mass is 10.0. The minimum Gasteiger partial charge on any atom is -0.395 e. The summed E-state index contributed by atoms with van der Waals surface area (Å²) in [5, 5.41) is 16.7. The summed E-state index contributed by atoms with van der Waals surface area (Å²) in [7, 11) is 0. The van der Waals surface area contributed by atoms with E-state index in [-0.39, 0.29) is 12.6 Å². The number of aromatic nitrogens is 1. The number of thiazole rings is 1. The molecule has 1 aromatic carbocycles. The van der Waals surface area contributed by atoms with Crippen LogP contribution >= 0.6 is 11.3 Å². The fourth-order valence-electron chi connectivity index (χ4n) is 3.36. The Morgan fingerprint density at radius 2 is 2.12 bits per heavy atom. The van der Waals surface area contributed by atoms with Gasteiger partial charge in [0, 0.05) is 30.6 Å². The maximum atomic E-state index is 9.74. The molecule has 0 bridgehead atoms. The zero-order valence-electron chi connectivity index (χ0n) is 14.5. The summed E-state index contributed by atoms with van der Waals surface area (Å²) in [6, 6.07) is 9.16. The smallest absolute Gasteiger partial charge is 0.185 e. The highest BCUT2D eigenvalue weighted by atomic mass is 32.1. The number of benzene rings is 1. The van der Waals surface area contributed by atoms with Gasteiger partial charge in [0.1, 0.15) is 0 Å². The van der Waals surface area contributed by atoms with Crippen LogP contribution in [-0.2, 0) is 6.42 Å². The maximum Gasteiger partial charge on any atom is 0.185 e. The largest absolute Gasteiger partial charge is 0.395 e. The van der Waals surface area contributed by atoms with Gasteiger partial charge in [0.05, 0.1) is 12.3 Å². The maximum absolute atomic E-state index is 9.74. The van der Waals surface area contributed by atoms with Gasteiger partial charge in [-0.05, 0) is 38.7 Å². The van der Waals surface area contributed by atoms with Crippen molar-refractivity contribution in [2.24, 2.45) is 0 Å². The Balaban J connectivity index is 1.50. The highest BCUT2D eigenvalue weighted by Crippen LogP contribution is 2.24. The van der Waals surface area contributed by atoms with E-state index in [1.54, 1.807) is 11.3 Å². The van der Waals surface area contributed by atoms with Crippen molar-refractivity contribution >= 4 is 16.5 Å². The van der Waals surface area contributed by atoms with Gasteiger partial charge in [0.25, 0.3) is 0 Å². The van der Waals surface area contributed by atoms with Gasteiger partial charge in [-0.2, -0.15) is 0 Å². The molecule has 1 saturated heterocycles. The monoisotopic (exact) mass is 345 g/mol. The third kappa shape index (κ3) is 4.56. The molecule has 1 atom stereocenters. The van der Waals surface area contributed by atoms with Gasteiger partial charge in [-0.15, -0.1) is 11.3 Å². The number of aryl methyl sites for hydroxylation is 2. The molecule has 3 rings (SSSR count). The highest BCUT2D eigenvalue weighted by Gasteiger charge is 2.23. The van der Waals surface area contributed by atoms with Crippen LogP contribution < -0.4 is 10.2 Å². The van der Waals surface area contributed by atoms with Crippen LogP contribution in [0.15, 0.2) is 29.6 Å². The predicted octanol–water partition coefficient (Wildman–Crippen LogP) is 2.92. The number of piperidine rings is 1. The predicted molar refractivity (Wildman–Crippen MR) is 101 cm³/mol. The van der Waals surface area contributed by atoms with Crippen molar-refractivity contribution in [3.8, 4) is 0 Å². The fraction of sp³-hybridized carbons (Fsp3) is 0.526. The van der Waals surface area contributed by atoms with Crippen molar-refractivity contribution in [2.75, 3.05) is 24.6 Å². The zero-order valence-corrected chi connectivity index (χ0v) is 15.4. The molecule has 0 saturated carbocycles. The van der Waals surface area contributed by atoms with Crippen LogP contribution in [-0.4, -0.2) is 41.9 Å². The lowest BCUT2D eigenvalue weighted by Gasteiger charge is -2.34. The first-order valence-electron chi connectivity index (χ1n) is 8.73. The zero-order chi connectivity index (χ0) is 16.9. The van der Waals surface area contributed by atoms with Crippen LogP contribution in [0.25, 0.3) is 0 Å². The number of hydrogen-bond acceptors (Lipinski definition) is 5. The molecule has 1 fully saturated rings. The number of rotatable bonds is 6. The van der Waals surface area contributed by atoms with Gasteiger partial charge in [0.2, 0.25) is 0 Å². The average molecular weight is 346 g/mol. The van der Waals surface area contributed by atoms with Crippen LogP contribution in [0.1, 0.15) is 29.7 Å². The van der Waals surface area contributed by atoms with Crippen molar-refractivity contribution < 1.29 is 5.11 Å². The second-order valence-corrected chi connectivity index (χ2v) is 7.61. The van der Waals surface area contributed by atoms with E-state index in [2.05, 4.69) is 51.8 Å². The molecule has 2 aromatic rings. The summed E-state index contributed by atoms with van der Waals surface area (Å²) in [5.41, 5.74) is 3.67. The molecular weight excluding hydrogens is 318 g/mol. The molecule has 0 radical (unpaired) electrons. The second-order valence-electron chi connectivity index (χ2n) is 6.77. The molecule has 5 heteroatoms. The molecule has 130 valence electrons. The van der Waals surface area contributed by atoms with Gasteiger partial charge in [0.15, 0.2) is 5.13 Å². The van der Waals surface area contributed by atoms with E-state index in [0.717, 1.165) is 43.2 Å². The second kappa shape index (κ2) is 8.10. The van der Waals surface area contributed by atoms with Crippen LogP contribution in [0.3, 0.4) is 0 Å². The van der Waals surface area contributed by atoms with Gasteiger partial charge in [-0.25, -0.2) is 4.98 Å². The Morgan fingerprint density at radius 3 is 2.75 bits per heavy atom. The summed E-state index contributed by atoms with van der Waals surface area (Å²) in [4.78, 5) is 6.96. The number of aliphatic hydroxyl groups is 1. The minimum atomic E-state index is 0.130. The Labute approximate surface area is 148 Å². The minimum absolute atomic E-state index is 0.130. The number of hydrogen-bond donors (Lipinski definition) is 2. The van der Waals surface area contributed by atoms with Crippen molar-refractivity contribution in [1.82, 2.24) is 10.3 Å². The summed E-state index contributed by atoms with van der Waals surface area (Å²) in [6.07, 6.45) is 3.08. The van der Waals surface area contributed by atoms with Crippen molar-refractivity contribution in [2.45, 2.75) is 45.2 Å². The van der Waals surface area contributed by atoms with Crippen LogP contribution in [0.4, 0.5) is 5.13 Å². The molecule has 0 amide bonds. The first-order chi connectivity index (χ1) is 11.6. The van der Waals surface area contributed by atoms with E-state index in [9.17, 15) is 5.11 Å². The van der Waals surface area contributed by atoms with E-state index >= 15 is 0 Å². The quantitative estimate of drug-likeness (QED) is 0.845. The van der Waals surface area contributed by atoms with Crippen molar-refractivity contribution in [1.29, 1.82) is 0 Å². The molecule has 24 heavy (non-hydrogen) atoms. The van der Waals surface area contributed by atoms with Crippen LogP contribution in [0.2, 0.25) is 0 Å². The Morgan fingerprint density at radius 1 is 1.33 bits per heavy atom. The van der Waals surface area contributed by atoms with Crippen LogP contribution in [0, 0.1) is 13.8 Å². The lowest BCUT2D eigenvalue weighted by Crippen LogP contribution is -2.48. The normalized spacial score (nSPS) is 17.2. The van der Waals surface area contributed by atoms with Crippen molar-refractivity contribution in [3.05, 3.63) is 46.5 Å². The highest BCUT2D eigenvalue weighted by molar-refractivity contribution is 7.13. The number of aliphatic hydroxyl groups excluding tert-OH is 1. The number of nitrogens with zero attached hydrogens (tertiary/aromatic N) is 2. The third-order valence-corrected chi connectivity index (χ3v) is 5.65. The average Bonchev–Trinajstić information content (AvgIpc) is 3.01. The van der Waals surface area contributed by atoms with Gasteiger partial charge < -0.3 is 15.3 Å². The lowest BCUT2D eigenvalue weighted by molar-refractivity contribution is 0.222. The summed E-state index contributed by atoms with van der Waals surface area (Å²) in [5.74, 6) is 0. The molecule has 1 aromatic heterocycles. The van der Waals surface area contributed by atoms with E-state index < -0.39 is 0 Å². The molecule has 1 aliphatic heterocycles. The van der Waals surface area contributed by atoms with E-state index in [0.29, 0.717) is 6.04 Å². The number of anilines is 1. The Hall–Kier alpha value is -1.43. The standard InChI is InChI=1S/C19H27N3OS/c1-14-4-3-5-16(10-14)11-18(12-23)21-17-6-8-22(9-7-17)19-20-15(2)13-24-19/h3-5,10,13,17-18,21,23H,6-9,11-12H2,1-2H3/t18-/m0/s1. The van der Waals surface area contributed by atoms with E-state index in [1.165, 1.54) is 11.1 Å². The molecule has 2 heterocycles. The molecule has 4 nitrogen and oxygen atoms in total. The van der Waals surface area contributed by atoms with Gasteiger partial charge in [-0.1, -0.05) is 29.8 Å². The van der Waals surface area contributed by atoms with Crippen molar-refractivity contribution in [3.63, 3.8) is 0 Å². The van der Waals surface area contributed by atoms with Gasteiger partial charge in [-0.3, -0.25) is 0 Å². The van der Waals surface area contributed by atoms with E-state index in [4.69, 9.17) is 0 Å². The first kappa shape index (κ1) is 17.4. The molecule has 2 N–H and O–H groups in total. The SMILES string of the molecule is Cc1cccc(C[C@@H](CO)NC2CCN(c3nc(C)cs3)CC2)c1. The van der Waals surface area contributed by atoms with Gasteiger partial charge >= 0.3 is 0 Å². The summed E-state index contributed by atoms with van der Waals surface area (Å²) < 4.78 is 0. The molecule has 0 aliphatic carbocycles. The molecular formula is C19H27N3OS. The Kier molecular flexibility index (Phi) is 5.87. The number of nitrogens with one attached hydrogen (secondary N) is 1. The first-order valence-corrected chi connectivity index (χ1v) is 9.61. The topological polar surface area (TPSA) is 48.4 Å².